The molecule has 0 amide bonds. The molecule has 0 aliphatic heterocycles. The lowest BCUT2D eigenvalue weighted by molar-refractivity contribution is 0.0979. The Labute approximate surface area is 127 Å². The maximum absolute atomic E-state index is 12.1. The molecule has 2 aromatic carbocycles. The van der Waals surface area contributed by atoms with Gasteiger partial charge in [-0.25, -0.2) is 0 Å². The van der Waals surface area contributed by atoms with Crippen molar-refractivity contribution in [3.05, 3.63) is 69.7 Å². The summed E-state index contributed by atoms with van der Waals surface area (Å²) < 4.78 is 0. The monoisotopic (exact) mass is 303 g/mol. The van der Waals surface area contributed by atoms with Crippen molar-refractivity contribution in [3.8, 4) is 6.07 Å². The Morgan fingerprint density at radius 3 is 2.45 bits per heavy atom. The lowest BCUT2D eigenvalue weighted by atomic mass is 9.93. The second kappa shape index (κ2) is 6.56. The van der Waals surface area contributed by atoms with Crippen molar-refractivity contribution in [2.45, 2.75) is 12.3 Å². The quantitative estimate of drug-likeness (QED) is 0.756. The van der Waals surface area contributed by atoms with Crippen molar-refractivity contribution in [2.24, 2.45) is 0 Å². The van der Waals surface area contributed by atoms with Gasteiger partial charge in [0.15, 0.2) is 5.78 Å². The molecule has 0 saturated heterocycles. The van der Waals surface area contributed by atoms with E-state index in [1.54, 1.807) is 42.5 Å². The van der Waals surface area contributed by atoms with Crippen LogP contribution in [0.25, 0.3) is 0 Å². The van der Waals surface area contributed by atoms with Crippen LogP contribution >= 0.6 is 23.2 Å². The molecule has 0 aliphatic carbocycles. The first kappa shape index (κ1) is 14.6. The predicted molar refractivity (Wildman–Crippen MR) is 80.2 cm³/mol. The van der Waals surface area contributed by atoms with E-state index in [4.69, 9.17) is 23.2 Å². The average molecular weight is 304 g/mol. The fourth-order valence-corrected chi connectivity index (χ4v) is 2.48. The van der Waals surface area contributed by atoms with Crippen molar-refractivity contribution in [1.82, 2.24) is 0 Å². The number of nitriles is 1. The molecule has 0 heterocycles. The van der Waals surface area contributed by atoms with E-state index in [2.05, 4.69) is 6.07 Å². The van der Waals surface area contributed by atoms with Crippen LogP contribution < -0.4 is 0 Å². The first-order valence-electron chi connectivity index (χ1n) is 6.04. The molecule has 0 bridgehead atoms. The number of nitrogens with zero attached hydrogens (tertiary/aromatic N) is 1. The van der Waals surface area contributed by atoms with Crippen LogP contribution in [0.3, 0.4) is 0 Å². The van der Waals surface area contributed by atoms with Crippen LogP contribution in [0.1, 0.15) is 28.3 Å². The summed E-state index contributed by atoms with van der Waals surface area (Å²) in [7, 11) is 0. The molecule has 0 spiro atoms. The van der Waals surface area contributed by atoms with Gasteiger partial charge in [0.25, 0.3) is 0 Å². The van der Waals surface area contributed by atoms with Crippen molar-refractivity contribution in [1.29, 1.82) is 5.26 Å². The molecule has 0 aliphatic rings. The van der Waals surface area contributed by atoms with Crippen LogP contribution in [-0.4, -0.2) is 5.78 Å². The number of benzene rings is 2. The third kappa shape index (κ3) is 3.39. The number of carbonyl (C=O) groups is 1. The highest BCUT2D eigenvalue weighted by molar-refractivity contribution is 6.35. The van der Waals surface area contributed by atoms with E-state index in [-0.39, 0.29) is 12.2 Å². The van der Waals surface area contributed by atoms with Crippen LogP contribution in [0.15, 0.2) is 48.5 Å². The molecule has 1 atom stereocenters. The molecule has 100 valence electrons. The summed E-state index contributed by atoms with van der Waals surface area (Å²) in [4.78, 5) is 12.1. The lowest BCUT2D eigenvalue weighted by Crippen LogP contribution is -2.06. The van der Waals surface area contributed by atoms with Crippen LogP contribution in [0, 0.1) is 11.3 Å². The molecule has 2 aromatic rings. The fourth-order valence-electron chi connectivity index (χ4n) is 1.94. The molecule has 0 aromatic heterocycles. The zero-order valence-electron chi connectivity index (χ0n) is 10.5. The van der Waals surface area contributed by atoms with Gasteiger partial charge in [0.05, 0.1) is 12.0 Å². The van der Waals surface area contributed by atoms with Crippen LogP contribution in [-0.2, 0) is 0 Å². The summed E-state index contributed by atoms with van der Waals surface area (Å²) in [5.74, 6) is -0.657. The van der Waals surface area contributed by atoms with E-state index in [1.807, 2.05) is 6.07 Å². The average Bonchev–Trinajstić information content (AvgIpc) is 2.46. The molecule has 0 saturated carbocycles. The zero-order valence-corrected chi connectivity index (χ0v) is 12.0. The van der Waals surface area contributed by atoms with E-state index in [1.165, 1.54) is 0 Å². The van der Waals surface area contributed by atoms with Crippen molar-refractivity contribution >= 4 is 29.0 Å². The third-order valence-corrected chi connectivity index (χ3v) is 3.54. The van der Waals surface area contributed by atoms with E-state index >= 15 is 0 Å². The van der Waals surface area contributed by atoms with Gasteiger partial charge in [-0.05, 0) is 17.7 Å². The largest absolute Gasteiger partial charge is 0.294 e. The minimum absolute atomic E-state index is 0.0804. The molecular formula is C16H11Cl2NO. The van der Waals surface area contributed by atoms with Gasteiger partial charge in [0.2, 0.25) is 0 Å². The summed E-state index contributed by atoms with van der Waals surface area (Å²) in [6, 6.07) is 16.0. The number of carbonyl (C=O) groups excluding carboxylic acids is 1. The van der Waals surface area contributed by atoms with Gasteiger partial charge in [-0.15, -0.1) is 0 Å². The summed E-state index contributed by atoms with van der Waals surface area (Å²) >= 11 is 11.9. The topological polar surface area (TPSA) is 40.9 Å². The van der Waals surface area contributed by atoms with E-state index < -0.39 is 5.92 Å². The minimum Gasteiger partial charge on any atom is -0.294 e. The second-order valence-electron chi connectivity index (χ2n) is 4.34. The Bertz CT molecular complexity index is 662. The van der Waals surface area contributed by atoms with Crippen LogP contribution in [0.2, 0.25) is 10.0 Å². The van der Waals surface area contributed by atoms with Crippen molar-refractivity contribution in [2.75, 3.05) is 0 Å². The number of hydrogen-bond acceptors (Lipinski definition) is 2. The Kier molecular flexibility index (Phi) is 4.79. The van der Waals surface area contributed by atoms with Gasteiger partial charge >= 0.3 is 0 Å². The Morgan fingerprint density at radius 2 is 1.85 bits per heavy atom. The number of Topliss-reactive ketones (excluding diaryl/α,β-unsaturated/α-hetero) is 1. The molecule has 0 fully saturated rings. The highest BCUT2D eigenvalue weighted by Gasteiger charge is 2.19. The lowest BCUT2D eigenvalue weighted by Gasteiger charge is -2.11. The summed E-state index contributed by atoms with van der Waals surface area (Å²) in [6.07, 6.45) is 0.0991. The summed E-state index contributed by atoms with van der Waals surface area (Å²) in [6.45, 7) is 0. The van der Waals surface area contributed by atoms with Crippen molar-refractivity contribution in [3.63, 3.8) is 0 Å². The summed E-state index contributed by atoms with van der Waals surface area (Å²) in [5, 5.41) is 10.2. The number of ketones is 1. The standard InChI is InChI=1S/C16H11Cl2NO/c17-13-6-7-14(15(18)9-13)12(10-19)8-16(20)11-4-2-1-3-5-11/h1-7,9,12H,8H2/t12-/m1/s1. The molecule has 0 N–H and O–H groups in total. The SMILES string of the molecule is N#C[C@@H](CC(=O)c1ccccc1)c1ccc(Cl)cc1Cl. The highest BCUT2D eigenvalue weighted by atomic mass is 35.5. The second-order valence-corrected chi connectivity index (χ2v) is 5.18. The summed E-state index contributed by atoms with van der Waals surface area (Å²) in [5.41, 5.74) is 1.22. The first-order valence-corrected chi connectivity index (χ1v) is 6.80. The van der Waals surface area contributed by atoms with Gasteiger partial charge in [-0.2, -0.15) is 5.26 Å². The van der Waals surface area contributed by atoms with Gasteiger partial charge in [-0.1, -0.05) is 59.6 Å². The van der Waals surface area contributed by atoms with Crippen molar-refractivity contribution < 1.29 is 4.79 Å². The van der Waals surface area contributed by atoms with Gasteiger partial charge in [-0.3, -0.25) is 4.79 Å². The molecule has 4 heteroatoms. The zero-order chi connectivity index (χ0) is 14.5. The molecule has 2 nitrogen and oxygen atoms in total. The Hall–Kier alpha value is -1.82. The highest BCUT2D eigenvalue weighted by Crippen LogP contribution is 2.30. The molecular weight excluding hydrogens is 293 g/mol. The minimum atomic E-state index is -0.576. The van der Waals surface area contributed by atoms with E-state index in [0.717, 1.165) is 0 Å². The number of hydrogen-bond donors (Lipinski definition) is 0. The first-order chi connectivity index (χ1) is 9.61. The molecule has 0 unspecified atom stereocenters. The van der Waals surface area contributed by atoms with Crippen LogP contribution in [0.5, 0.6) is 0 Å². The third-order valence-electron chi connectivity index (χ3n) is 2.98. The maximum Gasteiger partial charge on any atom is 0.164 e. The predicted octanol–water partition coefficient (Wildman–Crippen LogP) is 4.87. The van der Waals surface area contributed by atoms with E-state index in [9.17, 15) is 10.1 Å². The van der Waals surface area contributed by atoms with Gasteiger partial charge in [0, 0.05) is 22.0 Å². The van der Waals surface area contributed by atoms with Gasteiger partial charge < -0.3 is 0 Å². The fraction of sp³-hybridized carbons (Fsp3) is 0.125. The smallest absolute Gasteiger partial charge is 0.164 e. The Balaban J connectivity index is 2.22. The Morgan fingerprint density at radius 1 is 1.15 bits per heavy atom. The number of halogens is 2. The van der Waals surface area contributed by atoms with Gasteiger partial charge in [0.1, 0.15) is 0 Å². The van der Waals surface area contributed by atoms with E-state index in [0.29, 0.717) is 21.2 Å². The number of rotatable bonds is 4. The molecule has 0 radical (unpaired) electrons. The molecule has 20 heavy (non-hydrogen) atoms. The van der Waals surface area contributed by atoms with Crippen LogP contribution in [0.4, 0.5) is 0 Å². The molecule has 2 rings (SSSR count). The maximum atomic E-state index is 12.1. The normalized spacial score (nSPS) is 11.7.